The van der Waals surface area contributed by atoms with Crippen LogP contribution in [0.4, 0.5) is 0 Å². The van der Waals surface area contributed by atoms with Crippen molar-refractivity contribution in [3.8, 4) is 0 Å². The molecule has 11 rings (SSSR count). The maximum Gasteiger partial charge on any atom is 0.263 e. The molecule has 0 aliphatic carbocycles. The lowest BCUT2D eigenvalue weighted by atomic mass is 9.91. The summed E-state index contributed by atoms with van der Waals surface area (Å²) in [4.78, 5) is 58.0. The van der Waals surface area contributed by atoms with Crippen molar-refractivity contribution in [1.82, 2.24) is 42.8 Å². The minimum atomic E-state index is -0.0386. The van der Waals surface area contributed by atoms with E-state index in [1.807, 2.05) is 178 Å². The van der Waals surface area contributed by atoms with E-state index in [2.05, 4.69) is 274 Å². The number of carbonyl (C=O) groups excluding carboxylic acids is 3. The maximum atomic E-state index is 12.1. The number of aryl methyl sites for hydroxylation is 4. The van der Waals surface area contributed by atoms with Gasteiger partial charge in [0.25, 0.3) is 5.91 Å². The Labute approximate surface area is 760 Å². The number of rotatable bonds is 17. The van der Waals surface area contributed by atoms with Gasteiger partial charge < -0.3 is 29.7 Å². The smallest absolute Gasteiger partial charge is 0.263 e. The first-order valence-corrected chi connectivity index (χ1v) is 44.6. The standard InChI is InChI=1S/C17H22N2O.C16H20N2O.C16H23N2.C16H22N2.C15H18N2O.C9H15N.C3H8.C2H6O.4C2H6.4CH4O/c1-17(2,3)11-15-12-19(13-18-15)16(20)10-9-14-7-5-4-6-8-14;1-16(2,3)10-14-11-18(12-17-14)15(19)9-13-7-5-4-6-8-13;1-16(2,3)10-15-12-18(13-17(15)4)11-14-8-6-5-7-9-14;1-16(2,3)11-15-12-18(13-17-15)10-9-14-7-5-4-6-8-14;1-15(2,3)9-13-10-17(11-16-13)14(18)12-7-5-4-6-8-12;1-9(2,3)7-8-5-4-6-10-8;2*1-3-2;8*1-2/h4-8,12-13H,9-11H2,1-3H3;4-8,11-12H,9-10H2,1-3H3;5-9,12-13H,10-11H2,1-4H3;4-8,12-13H,9-11H2,1-3H3;4-8,10-11H,9H2,1-3H3;5-6H,4,7H2,1-3H3;3H2,1-2H3;1-2H3;4*1-2H3;4*2H,1H3/q;;+1;;;;;;;;;;;;;. The number of methoxy groups -OCH3 is 1. The summed E-state index contributed by atoms with van der Waals surface area (Å²) in [6, 6.07) is 50.3. The zero-order chi connectivity index (χ0) is 96.9. The van der Waals surface area contributed by atoms with Gasteiger partial charge in [0.2, 0.25) is 18.1 Å². The first kappa shape index (κ1) is 124. The Bertz CT molecular complexity index is 4240. The number of hydrogen-bond acceptors (Lipinski definition) is 13. The number of allylic oxidation sites excluding steroid dienone is 2. The van der Waals surface area contributed by atoms with Gasteiger partial charge in [0.15, 0.2) is 0 Å². The number of imidazole rings is 5. The molecule has 700 valence electrons. The van der Waals surface area contributed by atoms with Crippen molar-refractivity contribution < 1.29 is 44.1 Å². The number of benzene rings is 5. The van der Waals surface area contributed by atoms with Gasteiger partial charge in [-0.3, -0.25) is 33.1 Å². The average Bonchev–Trinajstić information content (AvgIpc) is 1.73. The number of nitrogens with zero attached hydrogens (tertiary/aromatic N) is 11. The molecular weight excluding hydrogens is 1560 g/mol. The molecule has 0 unspecified atom stereocenters. The molecule has 10 aromatic rings. The molecule has 4 N–H and O–H groups in total. The van der Waals surface area contributed by atoms with Gasteiger partial charge in [0.1, 0.15) is 37.4 Å². The van der Waals surface area contributed by atoms with Gasteiger partial charge in [0.05, 0.1) is 42.6 Å². The second-order valence-electron chi connectivity index (χ2n) is 35.5. The topological polar surface area (TPSA) is 234 Å². The number of aliphatic hydroxyl groups is 4. The Kier molecular flexibility index (Phi) is 70.9. The summed E-state index contributed by atoms with van der Waals surface area (Å²) < 4.78 is 15.7. The predicted molar refractivity (Wildman–Crippen MR) is 530 cm³/mol. The molecule has 125 heavy (non-hydrogen) atoms. The molecule has 0 spiro atoms. The summed E-state index contributed by atoms with van der Waals surface area (Å²) in [5, 5.41) is 28.0. The van der Waals surface area contributed by atoms with E-state index in [1.54, 1.807) is 46.9 Å². The van der Waals surface area contributed by atoms with Crippen LogP contribution in [-0.4, -0.2) is 130 Å². The highest BCUT2D eigenvalue weighted by Crippen LogP contribution is 2.27. The molecule has 0 fully saturated rings. The summed E-state index contributed by atoms with van der Waals surface area (Å²) in [6.45, 7) is 62.0. The largest absolute Gasteiger partial charge is 0.400 e. The van der Waals surface area contributed by atoms with Crippen molar-refractivity contribution in [2.45, 2.75) is 284 Å². The van der Waals surface area contributed by atoms with E-state index in [4.69, 9.17) is 20.4 Å². The third kappa shape index (κ3) is 64.7. The van der Waals surface area contributed by atoms with Crippen LogP contribution >= 0.6 is 0 Å². The molecule has 1 aliphatic rings. The lowest BCUT2D eigenvalue weighted by Crippen LogP contribution is -2.31. The quantitative estimate of drug-likeness (QED) is 0.0624. The van der Waals surface area contributed by atoms with E-state index >= 15 is 0 Å². The van der Waals surface area contributed by atoms with E-state index in [1.165, 1.54) is 40.2 Å². The summed E-state index contributed by atoms with van der Waals surface area (Å²) in [5.74, 6) is 0.114. The van der Waals surface area contributed by atoms with Gasteiger partial charge in [-0.05, 0) is 112 Å². The highest BCUT2D eigenvalue weighted by atomic mass is 16.4. The molecule has 19 nitrogen and oxygen atoms in total. The Morgan fingerprint density at radius 2 is 0.728 bits per heavy atom. The van der Waals surface area contributed by atoms with Crippen LogP contribution in [-0.2, 0) is 76.2 Å². The highest BCUT2D eigenvalue weighted by Gasteiger charge is 2.22. The van der Waals surface area contributed by atoms with Crippen LogP contribution < -0.4 is 4.57 Å². The molecule has 1 aliphatic heterocycles. The summed E-state index contributed by atoms with van der Waals surface area (Å²) >= 11 is 0. The maximum absolute atomic E-state index is 12.1. The van der Waals surface area contributed by atoms with Crippen molar-refractivity contribution in [1.29, 1.82) is 0 Å². The first-order valence-electron chi connectivity index (χ1n) is 44.6. The second-order valence-corrected chi connectivity index (χ2v) is 35.5. The van der Waals surface area contributed by atoms with Gasteiger partial charge in [0, 0.05) is 111 Å². The molecule has 0 amide bonds. The number of carbonyl (C=O) groups is 3. The first-order chi connectivity index (χ1) is 59.2. The Balaban J connectivity index is -0.000000442. The molecule has 0 bridgehead atoms. The van der Waals surface area contributed by atoms with E-state index in [9.17, 15) is 14.4 Å². The lowest BCUT2D eigenvalue weighted by molar-refractivity contribution is -0.688. The molecule has 5 aromatic carbocycles. The van der Waals surface area contributed by atoms with Crippen LogP contribution in [0.2, 0.25) is 0 Å². The van der Waals surface area contributed by atoms with Crippen LogP contribution in [0.15, 0.2) is 231 Å². The third-order valence-electron chi connectivity index (χ3n) is 15.9. The molecule has 0 atom stereocenters. The Morgan fingerprint density at radius 1 is 0.408 bits per heavy atom. The van der Waals surface area contributed by atoms with E-state index in [0.29, 0.717) is 34.7 Å². The van der Waals surface area contributed by atoms with E-state index in [-0.39, 0.29) is 34.0 Å². The second kappa shape index (κ2) is 71.5. The lowest BCUT2D eigenvalue weighted by Gasteiger charge is -2.16. The van der Waals surface area contributed by atoms with Crippen molar-refractivity contribution in [2.75, 3.05) is 42.7 Å². The fourth-order valence-corrected chi connectivity index (χ4v) is 11.3. The van der Waals surface area contributed by atoms with E-state index in [0.717, 1.165) is 122 Å². The minimum Gasteiger partial charge on any atom is -0.400 e. The van der Waals surface area contributed by atoms with Gasteiger partial charge in [-0.15, -0.1) is 0 Å². The van der Waals surface area contributed by atoms with Crippen LogP contribution in [0.5, 0.6) is 0 Å². The minimum absolute atomic E-state index is 0.0386. The van der Waals surface area contributed by atoms with Gasteiger partial charge in [-0.2, -0.15) is 0 Å². The normalized spacial score (nSPS) is 10.7. The summed E-state index contributed by atoms with van der Waals surface area (Å²) in [7, 11) is 9.38. The summed E-state index contributed by atoms with van der Waals surface area (Å²) in [6.07, 6.45) is 34.0. The fourth-order valence-electron chi connectivity index (χ4n) is 11.3. The molecule has 0 saturated heterocycles. The SMILES string of the molecule is CC.CC.CC.CC.CC(C)(C)CC1=CCC=N1.CC(C)(C)Cc1cn(C(=O)CCc2ccccc2)cn1.CC(C)(C)Cc1cn(C(=O)Cc2ccccc2)cn1.CC(C)(C)Cc1cn(C(=O)c2ccccc2)cn1.CC(C)(C)Cc1cn(CCc2ccccc2)cn1.CCC.CO.CO.CO.CO.COC.Cn1c[n+](Cc2ccccc2)cc1CC(C)(C)C. The van der Waals surface area contributed by atoms with Crippen molar-refractivity contribution in [2.24, 2.45) is 44.5 Å². The fraction of sp³-hybridized carbons (Fsp3) is 0.519. The number of hydrogen-bond donors (Lipinski definition) is 4. The monoisotopic (exact) mass is 1730 g/mol. The Hall–Kier alpha value is -9.63. The zero-order valence-corrected chi connectivity index (χ0v) is 84.6. The number of aliphatic imine (C=N–C) groups is 1. The van der Waals surface area contributed by atoms with Crippen molar-refractivity contribution in [3.05, 3.63) is 282 Å². The highest BCUT2D eigenvalue weighted by molar-refractivity contribution is 5.95. The molecular formula is C106H174N11O8+. The van der Waals surface area contributed by atoms with Gasteiger partial charge in [-0.25, -0.2) is 29.1 Å². The zero-order valence-electron chi connectivity index (χ0n) is 84.6. The number of aromatic nitrogens is 10. The van der Waals surface area contributed by atoms with Crippen LogP contribution in [0, 0.1) is 32.5 Å². The average molecular weight is 1730 g/mol. The van der Waals surface area contributed by atoms with Crippen LogP contribution in [0.25, 0.3) is 0 Å². The number of aliphatic hydroxyl groups excluding tert-OH is 4. The summed E-state index contributed by atoms with van der Waals surface area (Å²) in [5.41, 5.74) is 13.9. The van der Waals surface area contributed by atoms with Gasteiger partial charge >= 0.3 is 0 Å². The molecule has 6 heterocycles. The molecule has 0 radical (unpaired) electrons. The third-order valence-corrected chi connectivity index (χ3v) is 15.9. The molecule has 19 heteroatoms. The van der Waals surface area contributed by atoms with E-state index < -0.39 is 0 Å². The van der Waals surface area contributed by atoms with Crippen LogP contribution in [0.1, 0.15) is 290 Å². The van der Waals surface area contributed by atoms with Crippen molar-refractivity contribution in [3.63, 3.8) is 0 Å². The predicted octanol–water partition coefficient (Wildman–Crippen LogP) is 23.9. The Morgan fingerprint density at radius 3 is 1.10 bits per heavy atom. The van der Waals surface area contributed by atoms with Crippen molar-refractivity contribution >= 4 is 23.9 Å². The molecule has 5 aromatic heterocycles. The van der Waals surface area contributed by atoms with Crippen LogP contribution in [0.3, 0.4) is 0 Å². The number of ether oxygens (including phenoxy) is 1. The molecule has 0 saturated carbocycles. The van der Waals surface area contributed by atoms with Gasteiger partial charge in [-0.1, -0.05) is 346 Å².